The Labute approximate surface area is 120 Å². The molecule has 1 amide bonds. The molecule has 1 unspecified atom stereocenters. The normalized spacial score (nSPS) is 18.9. The average Bonchev–Trinajstić information content (AvgIpc) is 2.99. The highest BCUT2D eigenvalue weighted by Crippen LogP contribution is 2.13. The molecule has 1 aliphatic heterocycles. The highest BCUT2D eigenvalue weighted by molar-refractivity contribution is 5.76. The van der Waals surface area contributed by atoms with Gasteiger partial charge in [-0.05, 0) is 38.3 Å². The Morgan fingerprint density at radius 2 is 2.45 bits per heavy atom. The summed E-state index contributed by atoms with van der Waals surface area (Å²) >= 11 is 0. The molecule has 0 bridgehead atoms. The Morgan fingerprint density at radius 1 is 1.55 bits per heavy atom. The van der Waals surface area contributed by atoms with Gasteiger partial charge in [-0.25, -0.2) is 0 Å². The van der Waals surface area contributed by atoms with Crippen LogP contribution < -0.4 is 5.32 Å². The summed E-state index contributed by atoms with van der Waals surface area (Å²) in [6, 6.07) is 0. The van der Waals surface area contributed by atoms with Crippen molar-refractivity contribution in [2.75, 3.05) is 26.2 Å². The number of hydrogen-bond acceptors (Lipinski definition) is 4. The fourth-order valence-electron chi connectivity index (χ4n) is 2.70. The lowest BCUT2D eigenvalue weighted by molar-refractivity contribution is -0.132. The molecule has 2 heterocycles. The molecule has 0 aliphatic carbocycles. The zero-order valence-electron chi connectivity index (χ0n) is 12.3. The number of carbonyl (C=O) groups is 1. The van der Waals surface area contributed by atoms with E-state index in [0.717, 1.165) is 32.6 Å². The van der Waals surface area contributed by atoms with E-state index in [9.17, 15) is 4.79 Å². The number of nitrogens with one attached hydrogen (secondary N) is 1. The van der Waals surface area contributed by atoms with E-state index in [1.54, 1.807) is 17.1 Å². The molecule has 0 aromatic carbocycles. The van der Waals surface area contributed by atoms with Crippen molar-refractivity contribution in [2.24, 2.45) is 5.92 Å². The van der Waals surface area contributed by atoms with E-state index >= 15 is 0 Å². The average molecular weight is 279 g/mol. The van der Waals surface area contributed by atoms with Gasteiger partial charge in [-0.2, -0.15) is 0 Å². The Kier molecular flexibility index (Phi) is 5.98. The summed E-state index contributed by atoms with van der Waals surface area (Å²) < 4.78 is 1.71. The second-order valence-corrected chi connectivity index (χ2v) is 5.47. The van der Waals surface area contributed by atoms with E-state index in [0.29, 0.717) is 18.9 Å². The Balaban J connectivity index is 1.81. The fourth-order valence-corrected chi connectivity index (χ4v) is 2.70. The number of amides is 1. The molecule has 2 rings (SSSR count). The Hall–Kier alpha value is -1.43. The van der Waals surface area contributed by atoms with Gasteiger partial charge in [0.15, 0.2) is 0 Å². The molecule has 0 radical (unpaired) electrons. The van der Waals surface area contributed by atoms with E-state index in [-0.39, 0.29) is 5.91 Å². The fraction of sp³-hybridized carbons (Fsp3) is 0.786. The SMILES string of the molecule is CCCN(CC1CCCNC1)C(=O)CCn1ccnn1. The third-order valence-corrected chi connectivity index (χ3v) is 3.75. The highest BCUT2D eigenvalue weighted by atomic mass is 16.2. The van der Waals surface area contributed by atoms with Crippen LogP contribution in [0, 0.1) is 5.92 Å². The van der Waals surface area contributed by atoms with Crippen LogP contribution in [0.1, 0.15) is 32.6 Å². The summed E-state index contributed by atoms with van der Waals surface area (Å²) in [4.78, 5) is 14.4. The third kappa shape index (κ3) is 4.59. The van der Waals surface area contributed by atoms with Gasteiger partial charge < -0.3 is 10.2 Å². The number of rotatable bonds is 7. The number of carbonyl (C=O) groups excluding carboxylic acids is 1. The smallest absolute Gasteiger partial charge is 0.224 e. The second kappa shape index (κ2) is 7.99. The molecule has 0 spiro atoms. The quantitative estimate of drug-likeness (QED) is 0.806. The molecule has 6 nitrogen and oxygen atoms in total. The highest BCUT2D eigenvalue weighted by Gasteiger charge is 2.20. The predicted octanol–water partition coefficient (Wildman–Crippen LogP) is 0.906. The van der Waals surface area contributed by atoms with Gasteiger partial charge in [-0.15, -0.1) is 5.10 Å². The predicted molar refractivity (Wildman–Crippen MR) is 77.1 cm³/mol. The number of aryl methyl sites for hydroxylation is 1. The van der Waals surface area contributed by atoms with E-state index in [1.807, 2.05) is 4.90 Å². The molecular weight excluding hydrogens is 254 g/mol. The molecule has 1 N–H and O–H groups in total. The molecule has 1 aromatic heterocycles. The van der Waals surface area contributed by atoms with Gasteiger partial charge in [0.2, 0.25) is 5.91 Å². The van der Waals surface area contributed by atoms with Crippen molar-refractivity contribution in [1.82, 2.24) is 25.2 Å². The van der Waals surface area contributed by atoms with E-state index < -0.39 is 0 Å². The number of aromatic nitrogens is 3. The summed E-state index contributed by atoms with van der Waals surface area (Å²) in [5, 5.41) is 11.1. The van der Waals surface area contributed by atoms with Crippen molar-refractivity contribution < 1.29 is 4.79 Å². The first-order chi connectivity index (χ1) is 9.79. The van der Waals surface area contributed by atoms with Crippen LogP contribution in [0.2, 0.25) is 0 Å². The number of piperidine rings is 1. The monoisotopic (exact) mass is 279 g/mol. The summed E-state index contributed by atoms with van der Waals surface area (Å²) in [5.41, 5.74) is 0. The van der Waals surface area contributed by atoms with Crippen molar-refractivity contribution in [3.05, 3.63) is 12.4 Å². The summed E-state index contributed by atoms with van der Waals surface area (Å²) in [7, 11) is 0. The van der Waals surface area contributed by atoms with Crippen molar-refractivity contribution in [2.45, 2.75) is 39.2 Å². The molecule has 1 fully saturated rings. The van der Waals surface area contributed by atoms with Gasteiger partial charge in [0.05, 0.1) is 12.7 Å². The van der Waals surface area contributed by atoms with Gasteiger partial charge in [-0.1, -0.05) is 12.1 Å². The van der Waals surface area contributed by atoms with Crippen molar-refractivity contribution in [3.8, 4) is 0 Å². The first-order valence-electron chi connectivity index (χ1n) is 7.62. The minimum Gasteiger partial charge on any atom is -0.342 e. The zero-order chi connectivity index (χ0) is 14.2. The second-order valence-electron chi connectivity index (χ2n) is 5.47. The zero-order valence-corrected chi connectivity index (χ0v) is 12.3. The molecular formula is C14H25N5O. The summed E-state index contributed by atoms with van der Waals surface area (Å²) in [6.07, 6.45) is 7.39. The van der Waals surface area contributed by atoms with Crippen molar-refractivity contribution in [1.29, 1.82) is 0 Å². The van der Waals surface area contributed by atoms with Gasteiger partial charge >= 0.3 is 0 Å². The van der Waals surface area contributed by atoms with E-state index in [2.05, 4.69) is 22.6 Å². The Morgan fingerprint density at radius 3 is 3.10 bits per heavy atom. The topological polar surface area (TPSA) is 63.1 Å². The lowest BCUT2D eigenvalue weighted by Gasteiger charge is -2.30. The number of hydrogen-bond donors (Lipinski definition) is 1. The van der Waals surface area contributed by atoms with Crippen LogP contribution in [0.5, 0.6) is 0 Å². The maximum atomic E-state index is 12.3. The van der Waals surface area contributed by atoms with Gasteiger partial charge in [-0.3, -0.25) is 9.48 Å². The summed E-state index contributed by atoms with van der Waals surface area (Å²) in [6.45, 7) is 6.63. The van der Waals surface area contributed by atoms with Crippen LogP contribution in [0.4, 0.5) is 0 Å². The van der Waals surface area contributed by atoms with E-state index in [1.165, 1.54) is 12.8 Å². The van der Waals surface area contributed by atoms with Crippen LogP contribution in [0.3, 0.4) is 0 Å². The molecule has 1 atom stereocenters. The first-order valence-corrected chi connectivity index (χ1v) is 7.62. The largest absolute Gasteiger partial charge is 0.342 e. The van der Waals surface area contributed by atoms with E-state index in [4.69, 9.17) is 0 Å². The lowest BCUT2D eigenvalue weighted by atomic mass is 9.99. The summed E-state index contributed by atoms with van der Waals surface area (Å²) in [5.74, 6) is 0.832. The van der Waals surface area contributed by atoms with Crippen molar-refractivity contribution in [3.63, 3.8) is 0 Å². The van der Waals surface area contributed by atoms with Crippen LogP contribution >= 0.6 is 0 Å². The molecule has 1 aromatic rings. The molecule has 6 heteroatoms. The van der Waals surface area contributed by atoms with Crippen LogP contribution in [0.25, 0.3) is 0 Å². The molecule has 20 heavy (non-hydrogen) atoms. The molecule has 1 aliphatic rings. The maximum Gasteiger partial charge on any atom is 0.224 e. The number of nitrogens with zero attached hydrogens (tertiary/aromatic N) is 4. The Bertz CT molecular complexity index is 386. The molecule has 1 saturated heterocycles. The van der Waals surface area contributed by atoms with Crippen LogP contribution in [0.15, 0.2) is 12.4 Å². The standard InChI is InChI=1S/C14H25N5O/c1-2-8-18(12-13-4-3-6-15-11-13)14(20)5-9-19-10-7-16-17-19/h7,10,13,15H,2-6,8-9,11-12H2,1H3. The molecule has 0 saturated carbocycles. The van der Waals surface area contributed by atoms with Gasteiger partial charge in [0.25, 0.3) is 0 Å². The third-order valence-electron chi connectivity index (χ3n) is 3.75. The lowest BCUT2D eigenvalue weighted by Crippen LogP contribution is -2.41. The minimum absolute atomic E-state index is 0.230. The maximum absolute atomic E-state index is 12.3. The van der Waals surface area contributed by atoms with Crippen molar-refractivity contribution >= 4 is 5.91 Å². The first kappa shape index (κ1) is 15.0. The molecule has 112 valence electrons. The van der Waals surface area contributed by atoms with Gasteiger partial charge in [0.1, 0.15) is 0 Å². The van der Waals surface area contributed by atoms with Crippen LogP contribution in [-0.4, -0.2) is 52.0 Å². The van der Waals surface area contributed by atoms with Crippen LogP contribution in [-0.2, 0) is 11.3 Å². The minimum atomic E-state index is 0.230. The van der Waals surface area contributed by atoms with Gasteiger partial charge in [0, 0.05) is 25.7 Å².